The van der Waals surface area contributed by atoms with Crippen molar-refractivity contribution in [2.45, 2.75) is 12.5 Å². The summed E-state index contributed by atoms with van der Waals surface area (Å²) in [5.41, 5.74) is 1.90. The molecule has 6 heteroatoms. The molecule has 25 heavy (non-hydrogen) atoms. The summed E-state index contributed by atoms with van der Waals surface area (Å²) < 4.78 is 15.7. The molecule has 0 radical (unpaired) electrons. The lowest BCUT2D eigenvalue weighted by Crippen LogP contribution is -2.34. The van der Waals surface area contributed by atoms with Crippen LogP contribution in [0.25, 0.3) is 0 Å². The average Bonchev–Trinajstić information content (AvgIpc) is 3.07. The molecule has 3 rings (SSSR count). The first-order valence-electron chi connectivity index (χ1n) is 7.91. The number of para-hydroxylation sites is 1. The molecule has 1 amide bonds. The fraction of sp³-hybridized carbons (Fsp3) is 0.263. The highest BCUT2D eigenvalue weighted by atomic mass is 16.5. The van der Waals surface area contributed by atoms with E-state index in [1.54, 1.807) is 36.4 Å². The van der Waals surface area contributed by atoms with Gasteiger partial charge in [-0.1, -0.05) is 12.1 Å². The Bertz CT molecular complexity index is 802. The third kappa shape index (κ3) is 3.57. The predicted octanol–water partition coefficient (Wildman–Crippen LogP) is 2.22. The Morgan fingerprint density at radius 2 is 2.00 bits per heavy atom. The molecule has 0 spiro atoms. The molecular formula is C19H19NO5. The first kappa shape index (κ1) is 16.8. The SMILES string of the molecule is COC(=O)c1ccc2c(c1)C[C@@H](CNC(=O)c1ccccc1OC)O2. The monoisotopic (exact) mass is 341 g/mol. The Morgan fingerprint density at radius 1 is 1.20 bits per heavy atom. The van der Waals surface area contributed by atoms with Crippen molar-refractivity contribution in [3.8, 4) is 11.5 Å². The summed E-state index contributed by atoms with van der Waals surface area (Å²) in [4.78, 5) is 23.9. The van der Waals surface area contributed by atoms with Gasteiger partial charge in [-0.3, -0.25) is 4.79 Å². The van der Waals surface area contributed by atoms with Gasteiger partial charge in [-0.2, -0.15) is 0 Å². The Labute approximate surface area is 145 Å². The number of carbonyl (C=O) groups excluding carboxylic acids is 2. The number of amides is 1. The molecule has 1 atom stereocenters. The van der Waals surface area contributed by atoms with Crippen LogP contribution in [-0.2, 0) is 11.2 Å². The number of carbonyl (C=O) groups is 2. The molecule has 0 unspecified atom stereocenters. The molecule has 0 aliphatic carbocycles. The number of fused-ring (bicyclic) bond motifs is 1. The molecule has 1 aliphatic rings. The van der Waals surface area contributed by atoms with Gasteiger partial charge in [0, 0.05) is 6.42 Å². The number of esters is 1. The van der Waals surface area contributed by atoms with Gasteiger partial charge in [-0.05, 0) is 35.9 Å². The van der Waals surface area contributed by atoms with Crippen molar-refractivity contribution in [1.29, 1.82) is 0 Å². The van der Waals surface area contributed by atoms with E-state index in [1.165, 1.54) is 14.2 Å². The molecule has 0 bridgehead atoms. The quantitative estimate of drug-likeness (QED) is 0.844. The zero-order valence-corrected chi connectivity index (χ0v) is 14.1. The molecule has 1 heterocycles. The van der Waals surface area contributed by atoms with Crippen LogP contribution >= 0.6 is 0 Å². The Hall–Kier alpha value is -3.02. The normalized spacial score (nSPS) is 15.0. The van der Waals surface area contributed by atoms with E-state index in [2.05, 4.69) is 5.32 Å². The van der Waals surface area contributed by atoms with Gasteiger partial charge in [0.05, 0.1) is 31.9 Å². The van der Waals surface area contributed by atoms with Crippen LogP contribution in [-0.4, -0.2) is 38.7 Å². The Morgan fingerprint density at radius 3 is 2.76 bits per heavy atom. The third-order valence-electron chi connectivity index (χ3n) is 4.06. The lowest BCUT2D eigenvalue weighted by Gasteiger charge is -2.13. The first-order valence-corrected chi connectivity index (χ1v) is 7.91. The second-order valence-electron chi connectivity index (χ2n) is 5.67. The van der Waals surface area contributed by atoms with Gasteiger partial charge in [0.15, 0.2) is 0 Å². The van der Waals surface area contributed by atoms with E-state index in [0.29, 0.717) is 29.8 Å². The highest BCUT2D eigenvalue weighted by Crippen LogP contribution is 2.29. The molecule has 0 fully saturated rings. The van der Waals surface area contributed by atoms with E-state index in [-0.39, 0.29) is 18.0 Å². The summed E-state index contributed by atoms with van der Waals surface area (Å²) in [6.45, 7) is 0.360. The number of hydrogen-bond acceptors (Lipinski definition) is 5. The molecule has 0 saturated carbocycles. The van der Waals surface area contributed by atoms with Crippen LogP contribution in [0, 0.1) is 0 Å². The van der Waals surface area contributed by atoms with E-state index in [9.17, 15) is 9.59 Å². The van der Waals surface area contributed by atoms with Gasteiger partial charge >= 0.3 is 5.97 Å². The number of rotatable bonds is 5. The Balaban J connectivity index is 1.62. The van der Waals surface area contributed by atoms with Crippen molar-refractivity contribution in [1.82, 2.24) is 5.32 Å². The van der Waals surface area contributed by atoms with E-state index < -0.39 is 0 Å². The lowest BCUT2D eigenvalue weighted by molar-refractivity contribution is 0.0600. The molecule has 6 nitrogen and oxygen atoms in total. The van der Waals surface area contributed by atoms with Crippen molar-refractivity contribution in [3.63, 3.8) is 0 Å². The van der Waals surface area contributed by atoms with E-state index in [1.807, 2.05) is 6.07 Å². The molecule has 1 aliphatic heterocycles. The molecule has 1 N–H and O–H groups in total. The van der Waals surface area contributed by atoms with Crippen molar-refractivity contribution >= 4 is 11.9 Å². The molecule has 130 valence electrons. The zero-order chi connectivity index (χ0) is 17.8. The van der Waals surface area contributed by atoms with Crippen LogP contribution in [0.4, 0.5) is 0 Å². The van der Waals surface area contributed by atoms with Crippen molar-refractivity contribution in [2.75, 3.05) is 20.8 Å². The highest BCUT2D eigenvalue weighted by molar-refractivity contribution is 5.96. The largest absolute Gasteiger partial charge is 0.496 e. The molecular weight excluding hydrogens is 322 g/mol. The van der Waals surface area contributed by atoms with Crippen LogP contribution in [0.2, 0.25) is 0 Å². The second-order valence-corrected chi connectivity index (χ2v) is 5.67. The predicted molar refractivity (Wildman–Crippen MR) is 91.2 cm³/mol. The molecule has 0 aromatic heterocycles. The minimum atomic E-state index is -0.379. The van der Waals surface area contributed by atoms with Crippen LogP contribution in [0.15, 0.2) is 42.5 Å². The maximum absolute atomic E-state index is 12.3. The van der Waals surface area contributed by atoms with Crippen molar-refractivity contribution in [3.05, 3.63) is 59.2 Å². The molecule has 2 aromatic rings. The molecule has 0 saturated heterocycles. The number of ether oxygens (including phenoxy) is 3. The minimum absolute atomic E-state index is 0.179. The Kier molecular flexibility index (Phi) is 4.88. The van der Waals surface area contributed by atoms with Crippen LogP contribution in [0.1, 0.15) is 26.3 Å². The third-order valence-corrected chi connectivity index (χ3v) is 4.06. The maximum atomic E-state index is 12.3. The van der Waals surface area contributed by atoms with Crippen LogP contribution in [0.3, 0.4) is 0 Å². The van der Waals surface area contributed by atoms with E-state index in [4.69, 9.17) is 14.2 Å². The summed E-state index contributed by atoms with van der Waals surface area (Å²) >= 11 is 0. The topological polar surface area (TPSA) is 73.9 Å². The minimum Gasteiger partial charge on any atom is -0.496 e. The average molecular weight is 341 g/mol. The van der Waals surface area contributed by atoms with Crippen LogP contribution < -0.4 is 14.8 Å². The van der Waals surface area contributed by atoms with Gasteiger partial charge in [-0.15, -0.1) is 0 Å². The fourth-order valence-corrected chi connectivity index (χ4v) is 2.81. The number of hydrogen-bond donors (Lipinski definition) is 1. The number of benzene rings is 2. The maximum Gasteiger partial charge on any atom is 0.337 e. The standard InChI is InChI=1S/C19H19NO5/c1-23-17-6-4-3-5-15(17)18(21)20-11-14-10-13-9-12(19(22)24-2)7-8-16(13)25-14/h3-9,14H,10-11H2,1-2H3,(H,20,21)/t14-/m0/s1. The smallest absolute Gasteiger partial charge is 0.337 e. The van der Waals surface area contributed by atoms with Crippen molar-refractivity contribution < 1.29 is 23.8 Å². The fourth-order valence-electron chi connectivity index (χ4n) is 2.81. The molecule has 2 aromatic carbocycles. The van der Waals surface area contributed by atoms with Crippen LogP contribution in [0.5, 0.6) is 11.5 Å². The summed E-state index contributed by atoms with van der Waals surface area (Å²) in [7, 11) is 2.88. The van der Waals surface area contributed by atoms with Gasteiger partial charge in [0.1, 0.15) is 17.6 Å². The number of methoxy groups -OCH3 is 2. The van der Waals surface area contributed by atoms with Gasteiger partial charge in [-0.25, -0.2) is 4.79 Å². The second kappa shape index (κ2) is 7.25. The summed E-state index contributed by atoms with van der Waals surface area (Å²) in [6.07, 6.45) is 0.438. The summed E-state index contributed by atoms with van der Waals surface area (Å²) in [5, 5.41) is 2.86. The van der Waals surface area contributed by atoms with Gasteiger partial charge in [0.25, 0.3) is 5.91 Å². The van der Waals surface area contributed by atoms with E-state index in [0.717, 1.165) is 11.3 Å². The van der Waals surface area contributed by atoms with Crippen molar-refractivity contribution in [2.24, 2.45) is 0 Å². The highest BCUT2D eigenvalue weighted by Gasteiger charge is 2.25. The lowest BCUT2D eigenvalue weighted by atomic mass is 10.1. The van der Waals surface area contributed by atoms with E-state index >= 15 is 0 Å². The van der Waals surface area contributed by atoms with Gasteiger partial charge < -0.3 is 19.5 Å². The summed E-state index contributed by atoms with van der Waals surface area (Å²) in [6, 6.07) is 12.2. The van der Waals surface area contributed by atoms with Gasteiger partial charge in [0.2, 0.25) is 0 Å². The first-order chi connectivity index (χ1) is 12.1. The number of nitrogens with one attached hydrogen (secondary N) is 1. The summed E-state index contributed by atoms with van der Waals surface area (Å²) in [5.74, 6) is 0.658. The zero-order valence-electron chi connectivity index (χ0n) is 14.1.